The van der Waals surface area contributed by atoms with Crippen LogP contribution < -0.4 is 0 Å². The Morgan fingerprint density at radius 3 is 2.60 bits per heavy atom. The molecule has 2 aromatic rings. The first kappa shape index (κ1) is 15.3. The molecule has 0 bridgehead atoms. The van der Waals surface area contributed by atoms with Crippen molar-refractivity contribution in [2.45, 2.75) is 13.1 Å². The minimum atomic E-state index is 0. The zero-order chi connectivity index (χ0) is 13.2. The third-order valence-corrected chi connectivity index (χ3v) is 3.11. The van der Waals surface area contributed by atoms with Gasteiger partial charge in [0.05, 0.1) is 0 Å². The van der Waals surface area contributed by atoms with Gasteiger partial charge in [-0.2, -0.15) is 0 Å². The van der Waals surface area contributed by atoms with Crippen molar-refractivity contribution >= 4 is 32.6 Å². The van der Waals surface area contributed by atoms with E-state index >= 15 is 0 Å². The van der Waals surface area contributed by atoms with Gasteiger partial charge in [0.1, 0.15) is 0 Å². The number of rotatable bonds is 0. The molecular weight excluding hydrogens is 338 g/mol. The molecule has 2 aromatic carbocycles. The quantitative estimate of drug-likeness (QED) is 0.497. The summed E-state index contributed by atoms with van der Waals surface area (Å²) in [4.78, 5) is 4.67. The molecule has 3 heteroatoms. The first-order chi connectivity index (χ1) is 9.35. The fourth-order valence-corrected chi connectivity index (χ4v) is 2.38. The van der Waals surface area contributed by atoms with Crippen LogP contribution in [-0.2, 0) is 26.2 Å². The fraction of sp³-hybridized carbons (Fsp3) is 0.118. The van der Waals surface area contributed by atoms with Crippen LogP contribution in [0.3, 0.4) is 0 Å². The number of fused-ring (bicyclic) bond motifs is 5. The van der Waals surface area contributed by atoms with Gasteiger partial charge in [-0.1, -0.05) is 49.0 Å². The van der Waals surface area contributed by atoms with Gasteiger partial charge >= 0.3 is 0 Å². The second-order valence-corrected chi connectivity index (χ2v) is 5.54. The maximum atomic E-state index is 4.67. The summed E-state index contributed by atoms with van der Waals surface area (Å²) in [5.74, 6) is 0. The Morgan fingerprint density at radius 2 is 1.80 bits per heavy atom. The average Bonchev–Trinajstić information content (AvgIpc) is 2.96. The van der Waals surface area contributed by atoms with Crippen LogP contribution in [0.25, 0.3) is 11.6 Å². The molecule has 0 saturated carbocycles. The molecule has 0 atom stereocenters. The van der Waals surface area contributed by atoms with E-state index in [4.69, 9.17) is 0 Å². The monoisotopic (exact) mass is 350 g/mol. The maximum absolute atomic E-state index is 4.67. The molecule has 2 aliphatic rings. The number of allylic oxidation sites excluding steroid dienone is 1. The Morgan fingerprint density at radius 1 is 1.05 bits per heavy atom. The van der Waals surface area contributed by atoms with Crippen LogP contribution in [0.2, 0.25) is 13.1 Å². The van der Waals surface area contributed by atoms with Crippen molar-refractivity contribution in [3.05, 3.63) is 65.2 Å². The summed E-state index contributed by atoms with van der Waals surface area (Å²) in [5, 5.41) is 0. The van der Waals surface area contributed by atoms with Crippen LogP contribution in [0.4, 0.5) is 5.69 Å². The smallest absolute Gasteiger partial charge is 0.0307 e. The van der Waals surface area contributed by atoms with Crippen LogP contribution in [-0.4, -0.2) is 15.2 Å². The SMILES string of the molecule is C[Si]C.[Zr].[c-]1cccc2c1C1=Cc3ccccc3C1=N2. The molecule has 1 nitrogen and oxygen atoms in total. The van der Waals surface area contributed by atoms with E-state index in [-0.39, 0.29) is 26.2 Å². The predicted octanol–water partition coefficient (Wildman–Crippen LogP) is 4.26. The van der Waals surface area contributed by atoms with Crippen molar-refractivity contribution in [3.63, 3.8) is 0 Å². The van der Waals surface area contributed by atoms with Crippen LogP contribution in [0.5, 0.6) is 0 Å². The van der Waals surface area contributed by atoms with Gasteiger partial charge < -0.3 is 4.99 Å². The zero-order valence-corrected chi connectivity index (χ0v) is 15.0. The summed E-state index contributed by atoms with van der Waals surface area (Å²) in [5.41, 5.74) is 7.00. The van der Waals surface area contributed by atoms with Crippen molar-refractivity contribution in [1.82, 2.24) is 0 Å². The number of aliphatic imine (C=N–C) groups is 1. The van der Waals surface area contributed by atoms with Gasteiger partial charge in [-0.25, -0.2) is 0 Å². The Labute approximate surface area is 141 Å². The van der Waals surface area contributed by atoms with Crippen molar-refractivity contribution in [3.8, 4) is 0 Å². The summed E-state index contributed by atoms with van der Waals surface area (Å²) in [6, 6.07) is 17.6. The molecule has 1 heterocycles. The van der Waals surface area contributed by atoms with Gasteiger partial charge in [-0.05, 0) is 16.8 Å². The minimum Gasteiger partial charge on any atom is -0.306 e. The van der Waals surface area contributed by atoms with Gasteiger partial charge in [-0.3, -0.25) is 0 Å². The van der Waals surface area contributed by atoms with Gasteiger partial charge in [-0.15, -0.1) is 29.8 Å². The average molecular weight is 352 g/mol. The van der Waals surface area contributed by atoms with Crippen LogP contribution in [0.1, 0.15) is 16.7 Å². The molecule has 0 amide bonds. The summed E-state index contributed by atoms with van der Waals surface area (Å²) in [6.45, 7) is 4.31. The Bertz CT molecular complexity index is 629. The number of hydrogen-bond acceptors (Lipinski definition) is 1. The normalized spacial score (nSPS) is 12.9. The third-order valence-electron chi connectivity index (χ3n) is 3.11. The summed E-state index contributed by atoms with van der Waals surface area (Å²) < 4.78 is 0. The summed E-state index contributed by atoms with van der Waals surface area (Å²) >= 11 is 0. The van der Waals surface area contributed by atoms with Crippen LogP contribution in [0.15, 0.2) is 47.5 Å². The van der Waals surface area contributed by atoms with Crippen molar-refractivity contribution in [1.29, 1.82) is 0 Å². The van der Waals surface area contributed by atoms with E-state index < -0.39 is 0 Å². The van der Waals surface area contributed by atoms with Crippen molar-refractivity contribution < 1.29 is 26.2 Å². The van der Waals surface area contributed by atoms with Gasteiger partial charge in [0.15, 0.2) is 0 Å². The molecule has 4 rings (SSSR count). The number of benzene rings is 2. The standard InChI is InChI=1S/C15H8N.C2H6Si.Zr/c1-2-6-11-10(5-1)9-13-12-7-3-4-8-14(12)16-15(11)13;1-3-2;/h1-6,8-9H;1-2H3;/q-1;;. The molecule has 0 aromatic heterocycles. The van der Waals surface area contributed by atoms with Gasteiger partial charge in [0, 0.05) is 41.4 Å². The van der Waals surface area contributed by atoms with E-state index in [1.807, 2.05) is 18.2 Å². The molecule has 96 valence electrons. The number of nitrogens with zero attached hydrogens (tertiary/aromatic N) is 1. The molecule has 1 aliphatic heterocycles. The van der Waals surface area contributed by atoms with E-state index in [2.05, 4.69) is 54.5 Å². The molecule has 2 radical (unpaired) electrons. The van der Waals surface area contributed by atoms with Crippen LogP contribution in [0, 0.1) is 6.07 Å². The van der Waals surface area contributed by atoms with Crippen molar-refractivity contribution in [2.75, 3.05) is 0 Å². The molecule has 0 N–H and O–H groups in total. The Kier molecular flexibility index (Phi) is 5.06. The minimum absolute atomic E-state index is 0. The Hall–Kier alpha value is -1.05. The molecule has 0 saturated heterocycles. The summed E-state index contributed by atoms with van der Waals surface area (Å²) in [7, 11) is 1.08. The largest absolute Gasteiger partial charge is 0.306 e. The fourth-order valence-electron chi connectivity index (χ4n) is 2.38. The number of hydrogen-bond donors (Lipinski definition) is 0. The van der Waals surface area contributed by atoms with E-state index in [1.165, 1.54) is 16.7 Å². The predicted molar refractivity (Wildman–Crippen MR) is 83.3 cm³/mol. The molecule has 20 heavy (non-hydrogen) atoms. The summed E-state index contributed by atoms with van der Waals surface area (Å²) in [6.07, 6.45) is 2.20. The molecule has 0 spiro atoms. The third kappa shape index (κ3) is 2.57. The molecule has 0 unspecified atom stereocenters. The Balaban J connectivity index is 0.000000341. The topological polar surface area (TPSA) is 12.4 Å². The van der Waals surface area contributed by atoms with E-state index in [0.717, 1.165) is 26.5 Å². The van der Waals surface area contributed by atoms with E-state index in [1.54, 1.807) is 0 Å². The van der Waals surface area contributed by atoms with Gasteiger partial charge in [0.2, 0.25) is 0 Å². The zero-order valence-electron chi connectivity index (χ0n) is 11.6. The maximum Gasteiger partial charge on any atom is 0.0307 e. The first-order valence-electron chi connectivity index (χ1n) is 6.35. The van der Waals surface area contributed by atoms with Gasteiger partial charge in [0.25, 0.3) is 0 Å². The molecule has 1 aliphatic carbocycles. The van der Waals surface area contributed by atoms with Crippen LogP contribution >= 0.6 is 0 Å². The van der Waals surface area contributed by atoms with E-state index in [0.29, 0.717) is 0 Å². The second-order valence-electron chi connectivity index (χ2n) is 4.54. The van der Waals surface area contributed by atoms with Crippen molar-refractivity contribution in [2.24, 2.45) is 4.99 Å². The second kappa shape index (κ2) is 6.60. The molecule has 0 fully saturated rings. The first-order valence-corrected chi connectivity index (χ1v) is 8.35. The molecular formula is C17H14NSiZr-. The van der Waals surface area contributed by atoms with E-state index in [9.17, 15) is 0 Å².